The van der Waals surface area contributed by atoms with Gasteiger partial charge in [0.2, 0.25) is 0 Å². The molecular weight excluding hydrogens is 194 g/mol. The van der Waals surface area contributed by atoms with Crippen molar-refractivity contribution in [1.82, 2.24) is 14.9 Å². The van der Waals surface area contributed by atoms with Crippen LogP contribution in [0, 0.1) is 0 Å². The number of imidazole rings is 1. The molecule has 0 bridgehead atoms. The monoisotopic (exact) mass is 205 g/mol. The van der Waals surface area contributed by atoms with E-state index >= 15 is 0 Å². The summed E-state index contributed by atoms with van der Waals surface area (Å²) in [4.78, 5) is 15.5. The van der Waals surface area contributed by atoms with Crippen LogP contribution in [0.2, 0.25) is 0 Å². The van der Waals surface area contributed by atoms with Gasteiger partial charge < -0.3 is 14.3 Å². The molecule has 2 heterocycles. The Bertz CT molecular complexity index is 445. The molecule has 1 N–H and O–H groups in total. The summed E-state index contributed by atoms with van der Waals surface area (Å²) in [5, 5.41) is 2.71. The smallest absolute Gasteiger partial charge is 0.287 e. The Hall–Kier alpha value is -2.04. The van der Waals surface area contributed by atoms with E-state index in [1.54, 1.807) is 42.4 Å². The van der Waals surface area contributed by atoms with Gasteiger partial charge in [0.25, 0.3) is 5.91 Å². The van der Waals surface area contributed by atoms with Crippen LogP contribution in [0.4, 0.5) is 0 Å². The zero-order chi connectivity index (χ0) is 10.7. The van der Waals surface area contributed by atoms with Gasteiger partial charge in [-0.2, -0.15) is 0 Å². The topological polar surface area (TPSA) is 60.1 Å². The Labute approximate surface area is 86.7 Å². The number of hydrogen-bond donors (Lipinski definition) is 1. The summed E-state index contributed by atoms with van der Waals surface area (Å²) in [7, 11) is 1.77. The van der Waals surface area contributed by atoms with Gasteiger partial charge in [-0.3, -0.25) is 4.79 Å². The fourth-order valence-electron chi connectivity index (χ4n) is 1.24. The van der Waals surface area contributed by atoms with Crippen molar-refractivity contribution in [3.63, 3.8) is 0 Å². The highest BCUT2D eigenvalue weighted by Crippen LogP contribution is 2.00. The lowest BCUT2D eigenvalue weighted by Crippen LogP contribution is -2.25. The van der Waals surface area contributed by atoms with Crippen LogP contribution in [-0.4, -0.2) is 15.5 Å². The van der Waals surface area contributed by atoms with Crippen LogP contribution in [0.1, 0.15) is 16.4 Å². The Morgan fingerprint density at radius 2 is 2.53 bits per heavy atom. The molecular formula is C10H11N3O2. The normalized spacial score (nSPS) is 10.2. The van der Waals surface area contributed by atoms with Gasteiger partial charge in [-0.05, 0) is 12.1 Å². The first-order valence-corrected chi connectivity index (χ1v) is 4.55. The summed E-state index contributed by atoms with van der Waals surface area (Å²) in [6.45, 7) is 0.374. The van der Waals surface area contributed by atoms with E-state index in [-0.39, 0.29) is 5.91 Å². The predicted octanol–water partition coefficient (Wildman–Crippen LogP) is 0.943. The Morgan fingerprint density at radius 1 is 1.67 bits per heavy atom. The molecule has 0 atom stereocenters. The molecule has 5 heteroatoms. The first kappa shape index (κ1) is 9.51. The number of aromatic nitrogens is 2. The number of furan rings is 1. The van der Waals surface area contributed by atoms with E-state index in [0.29, 0.717) is 12.4 Å². The van der Waals surface area contributed by atoms with Crippen molar-refractivity contribution in [2.24, 2.45) is 7.05 Å². The second kappa shape index (κ2) is 4.00. The summed E-state index contributed by atoms with van der Waals surface area (Å²) in [5.74, 6) is 0.901. The second-order valence-electron chi connectivity index (χ2n) is 3.12. The molecule has 2 rings (SSSR count). The van der Waals surface area contributed by atoms with Gasteiger partial charge in [0.05, 0.1) is 12.8 Å². The van der Waals surface area contributed by atoms with E-state index in [1.165, 1.54) is 0 Å². The third kappa shape index (κ3) is 2.07. The molecule has 0 spiro atoms. The average Bonchev–Trinajstić information content (AvgIpc) is 2.84. The molecule has 78 valence electrons. The third-order valence-electron chi connectivity index (χ3n) is 2.03. The molecule has 1 amide bonds. The van der Waals surface area contributed by atoms with Crippen LogP contribution in [0.15, 0.2) is 35.2 Å². The summed E-state index contributed by atoms with van der Waals surface area (Å²) in [5.41, 5.74) is 0. The highest BCUT2D eigenvalue weighted by molar-refractivity contribution is 5.90. The Kier molecular flexibility index (Phi) is 2.53. The SMILES string of the molecule is Cn1ccnc1C(=O)NCc1ccco1. The molecule has 2 aromatic heterocycles. The predicted molar refractivity (Wildman–Crippen MR) is 53.1 cm³/mol. The number of hydrogen-bond acceptors (Lipinski definition) is 3. The zero-order valence-electron chi connectivity index (χ0n) is 8.30. The van der Waals surface area contributed by atoms with Crippen molar-refractivity contribution in [3.05, 3.63) is 42.4 Å². The lowest BCUT2D eigenvalue weighted by Gasteiger charge is -2.02. The standard InChI is InChI=1S/C10H11N3O2/c1-13-5-4-11-9(13)10(14)12-7-8-3-2-6-15-8/h2-6H,7H2,1H3,(H,12,14). The van der Waals surface area contributed by atoms with Gasteiger partial charge in [-0.25, -0.2) is 4.98 Å². The number of carbonyl (C=O) groups is 1. The Morgan fingerprint density at radius 3 is 3.13 bits per heavy atom. The molecule has 2 aromatic rings. The lowest BCUT2D eigenvalue weighted by atomic mass is 10.4. The summed E-state index contributed by atoms with van der Waals surface area (Å²) in [6, 6.07) is 3.58. The average molecular weight is 205 g/mol. The molecule has 0 aliphatic heterocycles. The maximum absolute atomic E-state index is 11.6. The van der Waals surface area contributed by atoms with E-state index in [0.717, 1.165) is 5.76 Å². The minimum absolute atomic E-state index is 0.209. The van der Waals surface area contributed by atoms with Crippen LogP contribution in [0.3, 0.4) is 0 Å². The van der Waals surface area contributed by atoms with E-state index in [9.17, 15) is 4.79 Å². The lowest BCUT2D eigenvalue weighted by molar-refractivity contribution is 0.0934. The fourth-order valence-corrected chi connectivity index (χ4v) is 1.24. The van der Waals surface area contributed by atoms with Crippen LogP contribution in [0.25, 0.3) is 0 Å². The minimum Gasteiger partial charge on any atom is -0.467 e. The molecule has 0 saturated heterocycles. The molecule has 0 saturated carbocycles. The molecule has 0 aromatic carbocycles. The molecule has 0 unspecified atom stereocenters. The van der Waals surface area contributed by atoms with Crippen molar-refractivity contribution < 1.29 is 9.21 Å². The second-order valence-corrected chi connectivity index (χ2v) is 3.12. The van der Waals surface area contributed by atoms with Gasteiger partial charge in [0.1, 0.15) is 5.76 Å². The van der Waals surface area contributed by atoms with Crippen LogP contribution >= 0.6 is 0 Å². The number of nitrogens with one attached hydrogen (secondary N) is 1. The molecule has 0 aliphatic rings. The first-order valence-electron chi connectivity index (χ1n) is 4.55. The summed E-state index contributed by atoms with van der Waals surface area (Å²) in [6.07, 6.45) is 4.88. The van der Waals surface area contributed by atoms with Gasteiger partial charge in [-0.15, -0.1) is 0 Å². The number of carbonyl (C=O) groups excluding carboxylic acids is 1. The molecule has 5 nitrogen and oxygen atoms in total. The van der Waals surface area contributed by atoms with Crippen LogP contribution < -0.4 is 5.32 Å². The van der Waals surface area contributed by atoms with Gasteiger partial charge in [0, 0.05) is 19.4 Å². The van der Waals surface area contributed by atoms with E-state index < -0.39 is 0 Å². The molecule has 0 fully saturated rings. The van der Waals surface area contributed by atoms with Crippen molar-refractivity contribution in [2.45, 2.75) is 6.54 Å². The first-order chi connectivity index (χ1) is 7.27. The van der Waals surface area contributed by atoms with Gasteiger partial charge in [0.15, 0.2) is 5.82 Å². The highest BCUT2D eigenvalue weighted by atomic mass is 16.3. The largest absolute Gasteiger partial charge is 0.467 e. The summed E-state index contributed by atoms with van der Waals surface area (Å²) >= 11 is 0. The Balaban J connectivity index is 1.96. The summed E-state index contributed by atoms with van der Waals surface area (Å²) < 4.78 is 6.75. The zero-order valence-corrected chi connectivity index (χ0v) is 8.30. The number of rotatable bonds is 3. The molecule has 0 aliphatic carbocycles. The quantitative estimate of drug-likeness (QED) is 0.811. The highest BCUT2D eigenvalue weighted by Gasteiger charge is 2.10. The maximum atomic E-state index is 11.6. The van der Waals surface area contributed by atoms with Crippen LogP contribution in [0.5, 0.6) is 0 Å². The minimum atomic E-state index is -0.209. The number of amides is 1. The van der Waals surface area contributed by atoms with Crippen molar-refractivity contribution >= 4 is 5.91 Å². The maximum Gasteiger partial charge on any atom is 0.287 e. The number of nitrogens with zero attached hydrogens (tertiary/aromatic N) is 2. The van der Waals surface area contributed by atoms with Crippen molar-refractivity contribution in [1.29, 1.82) is 0 Å². The van der Waals surface area contributed by atoms with Crippen molar-refractivity contribution in [2.75, 3.05) is 0 Å². The van der Waals surface area contributed by atoms with Crippen molar-refractivity contribution in [3.8, 4) is 0 Å². The fraction of sp³-hybridized carbons (Fsp3) is 0.200. The van der Waals surface area contributed by atoms with Gasteiger partial charge in [-0.1, -0.05) is 0 Å². The van der Waals surface area contributed by atoms with Gasteiger partial charge >= 0.3 is 0 Å². The van der Waals surface area contributed by atoms with E-state index in [2.05, 4.69) is 10.3 Å². The molecule has 15 heavy (non-hydrogen) atoms. The van der Waals surface area contributed by atoms with E-state index in [4.69, 9.17) is 4.42 Å². The number of aryl methyl sites for hydroxylation is 1. The third-order valence-corrected chi connectivity index (χ3v) is 2.03. The van der Waals surface area contributed by atoms with E-state index in [1.807, 2.05) is 0 Å². The van der Waals surface area contributed by atoms with Crippen LogP contribution in [-0.2, 0) is 13.6 Å². The molecule has 0 radical (unpaired) electrons.